The maximum absolute atomic E-state index is 14.2. The molecule has 0 radical (unpaired) electrons. The standard InChI is InChI=1S/C18H18F2N5O7P/c19-17(20)18(6-30-33(28)29-5-9-3-1-2-4-10(9)32-33)13(27)12(26)16(31-18)25-8-24-11-14(21)22-7-23-15(11)25/h1-4,7-8,12-13,16-17,26-27H,5-6H2,(H2,21,22,23). The molecule has 3 aromatic rings. The minimum Gasteiger partial charge on any atom is -0.404 e. The molecule has 33 heavy (non-hydrogen) atoms. The van der Waals surface area contributed by atoms with Crippen molar-refractivity contribution in [3.8, 4) is 5.75 Å². The summed E-state index contributed by atoms with van der Waals surface area (Å²) in [5, 5.41) is 21.1. The van der Waals surface area contributed by atoms with Crippen molar-refractivity contribution in [3.05, 3.63) is 42.5 Å². The maximum atomic E-state index is 14.2. The van der Waals surface area contributed by atoms with Gasteiger partial charge in [0, 0.05) is 5.56 Å². The average molecular weight is 485 g/mol. The molecule has 0 amide bonds. The van der Waals surface area contributed by atoms with E-state index in [1.807, 2.05) is 0 Å². The maximum Gasteiger partial charge on any atom is 0.530 e. The van der Waals surface area contributed by atoms with Crippen LogP contribution in [0.5, 0.6) is 5.75 Å². The van der Waals surface area contributed by atoms with Gasteiger partial charge in [0.15, 0.2) is 23.3 Å². The summed E-state index contributed by atoms with van der Waals surface area (Å²) in [6.45, 7) is -1.24. The Bertz CT molecular complexity index is 1250. The highest BCUT2D eigenvalue weighted by Crippen LogP contribution is 2.56. The number of imidazole rings is 1. The van der Waals surface area contributed by atoms with Crippen LogP contribution in [0.3, 0.4) is 0 Å². The number of hydrogen-bond acceptors (Lipinski definition) is 11. The molecule has 0 aliphatic carbocycles. The fraction of sp³-hybridized carbons (Fsp3) is 0.389. The van der Waals surface area contributed by atoms with E-state index in [2.05, 4.69) is 15.0 Å². The van der Waals surface area contributed by atoms with Gasteiger partial charge in [-0.2, -0.15) is 0 Å². The van der Waals surface area contributed by atoms with E-state index >= 15 is 0 Å². The Labute approximate surface area is 184 Å². The van der Waals surface area contributed by atoms with Gasteiger partial charge in [0.25, 0.3) is 6.43 Å². The Balaban J connectivity index is 1.42. The van der Waals surface area contributed by atoms with Gasteiger partial charge >= 0.3 is 7.82 Å². The number of nitrogen functional groups attached to an aromatic ring is 1. The van der Waals surface area contributed by atoms with Crippen LogP contribution in [-0.4, -0.2) is 60.6 Å². The van der Waals surface area contributed by atoms with Crippen molar-refractivity contribution in [2.24, 2.45) is 0 Å². The molecule has 1 aromatic carbocycles. The van der Waals surface area contributed by atoms with Crippen molar-refractivity contribution in [1.82, 2.24) is 19.5 Å². The normalized spacial score (nSPS) is 31.6. The summed E-state index contributed by atoms with van der Waals surface area (Å²) in [5.74, 6) is 0.242. The summed E-state index contributed by atoms with van der Waals surface area (Å²) < 4.78 is 63.4. The molecular weight excluding hydrogens is 467 g/mol. The number of halogens is 2. The second-order valence-corrected chi connectivity index (χ2v) is 9.07. The molecule has 15 heteroatoms. The molecule has 0 spiro atoms. The van der Waals surface area contributed by atoms with Gasteiger partial charge in [-0.3, -0.25) is 13.6 Å². The van der Waals surface area contributed by atoms with Gasteiger partial charge in [-0.1, -0.05) is 18.2 Å². The third-order valence-electron chi connectivity index (χ3n) is 5.50. The van der Waals surface area contributed by atoms with Crippen LogP contribution in [0.4, 0.5) is 14.6 Å². The van der Waals surface area contributed by atoms with Gasteiger partial charge in [-0.25, -0.2) is 28.3 Å². The van der Waals surface area contributed by atoms with Crippen molar-refractivity contribution < 1.29 is 41.9 Å². The number of phosphoric acid groups is 1. The second-order valence-electron chi connectivity index (χ2n) is 7.48. The average Bonchev–Trinajstić information content (AvgIpc) is 3.33. The quantitative estimate of drug-likeness (QED) is 0.448. The highest BCUT2D eigenvalue weighted by molar-refractivity contribution is 7.49. The second kappa shape index (κ2) is 7.94. The number of hydrogen-bond donors (Lipinski definition) is 3. The zero-order valence-electron chi connectivity index (χ0n) is 16.7. The molecule has 12 nitrogen and oxygen atoms in total. The number of nitrogens with two attached hydrogens (primary N) is 1. The number of aliphatic hydroxyl groups excluding tert-OH is 2. The lowest BCUT2D eigenvalue weighted by Crippen LogP contribution is -2.52. The number of benzene rings is 1. The van der Waals surface area contributed by atoms with Crippen LogP contribution in [0.25, 0.3) is 11.2 Å². The zero-order valence-corrected chi connectivity index (χ0v) is 17.6. The molecular formula is C18H18F2N5O7P. The first kappa shape index (κ1) is 22.1. The molecule has 4 N–H and O–H groups in total. The molecule has 2 aliphatic rings. The first-order chi connectivity index (χ1) is 15.7. The van der Waals surface area contributed by atoms with Gasteiger partial charge in [-0.15, -0.1) is 0 Å². The number of ether oxygens (including phenoxy) is 1. The van der Waals surface area contributed by atoms with Crippen molar-refractivity contribution >= 4 is 24.8 Å². The SMILES string of the molecule is Nc1ncnc2c1ncn2C1OC(COP2(=O)OCc3ccccc3O2)(C(F)F)C(O)C1O. The number of para-hydroxylation sites is 1. The van der Waals surface area contributed by atoms with Gasteiger partial charge in [0.1, 0.15) is 29.8 Å². The lowest BCUT2D eigenvalue weighted by atomic mass is 9.96. The third kappa shape index (κ3) is 3.55. The molecule has 0 saturated carbocycles. The number of aromatic nitrogens is 4. The number of rotatable bonds is 5. The highest BCUT2D eigenvalue weighted by Gasteiger charge is 2.62. The Morgan fingerprint density at radius 3 is 2.88 bits per heavy atom. The molecule has 1 fully saturated rings. The van der Waals surface area contributed by atoms with Gasteiger partial charge in [0.2, 0.25) is 0 Å². The number of alkyl halides is 2. The van der Waals surface area contributed by atoms with Crippen LogP contribution in [0.1, 0.15) is 11.8 Å². The Morgan fingerprint density at radius 2 is 2.09 bits per heavy atom. The minimum atomic E-state index is -4.31. The van der Waals surface area contributed by atoms with Crippen LogP contribution in [0.15, 0.2) is 36.9 Å². The van der Waals surface area contributed by atoms with Crippen molar-refractivity contribution in [2.75, 3.05) is 12.3 Å². The Kier molecular flexibility index (Phi) is 5.31. The summed E-state index contributed by atoms with van der Waals surface area (Å²) >= 11 is 0. The summed E-state index contributed by atoms with van der Waals surface area (Å²) in [4.78, 5) is 11.8. The van der Waals surface area contributed by atoms with E-state index in [1.165, 1.54) is 6.07 Å². The number of phosphoric ester groups is 1. The zero-order chi connectivity index (χ0) is 23.4. The first-order valence-corrected chi connectivity index (χ1v) is 11.1. The third-order valence-corrected chi connectivity index (χ3v) is 6.81. The highest BCUT2D eigenvalue weighted by atomic mass is 31.2. The Morgan fingerprint density at radius 1 is 1.30 bits per heavy atom. The van der Waals surface area contributed by atoms with E-state index in [4.69, 9.17) is 24.0 Å². The molecule has 1 saturated heterocycles. The summed E-state index contributed by atoms with van der Waals surface area (Å²) in [5.41, 5.74) is 3.81. The summed E-state index contributed by atoms with van der Waals surface area (Å²) in [6, 6.07) is 6.55. The van der Waals surface area contributed by atoms with E-state index in [-0.39, 0.29) is 29.3 Å². The molecule has 2 aromatic heterocycles. The van der Waals surface area contributed by atoms with Crippen LogP contribution >= 0.6 is 7.82 Å². The van der Waals surface area contributed by atoms with E-state index in [0.717, 1.165) is 17.2 Å². The largest absolute Gasteiger partial charge is 0.530 e. The minimum absolute atomic E-state index is 0.0280. The molecule has 4 heterocycles. The predicted octanol–water partition coefficient (Wildman–Crippen LogP) is 1.40. The van der Waals surface area contributed by atoms with Gasteiger partial charge < -0.3 is 25.2 Å². The number of anilines is 1. The molecule has 5 atom stereocenters. The fourth-order valence-electron chi connectivity index (χ4n) is 3.70. The smallest absolute Gasteiger partial charge is 0.404 e. The Hall–Kier alpha value is -2.74. The lowest BCUT2D eigenvalue weighted by Gasteiger charge is -2.32. The topological polar surface area (TPSA) is 164 Å². The molecule has 176 valence electrons. The summed E-state index contributed by atoms with van der Waals surface area (Å²) in [7, 11) is -4.31. The lowest BCUT2D eigenvalue weighted by molar-refractivity contribution is -0.193. The van der Waals surface area contributed by atoms with E-state index < -0.39 is 44.9 Å². The van der Waals surface area contributed by atoms with E-state index in [0.29, 0.717) is 5.56 Å². The number of fused-ring (bicyclic) bond motifs is 2. The molecule has 5 unspecified atom stereocenters. The predicted molar refractivity (Wildman–Crippen MR) is 106 cm³/mol. The van der Waals surface area contributed by atoms with Crippen LogP contribution in [0.2, 0.25) is 0 Å². The van der Waals surface area contributed by atoms with Crippen molar-refractivity contribution in [2.45, 2.75) is 37.1 Å². The van der Waals surface area contributed by atoms with Gasteiger partial charge in [0.05, 0.1) is 19.5 Å². The monoisotopic (exact) mass is 485 g/mol. The number of aliphatic hydroxyl groups is 2. The molecule has 0 bridgehead atoms. The van der Waals surface area contributed by atoms with Crippen molar-refractivity contribution in [3.63, 3.8) is 0 Å². The van der Waals surface area contributed by atoms with Crippen LogP contribution < -0.4 is 10.3 Å². The molecule has 5 rings (SSSR count). The van der Waals surface area contributed by atoms with Crippen LogP contribution in [-0.2, 0) is 25.0 Å². The van der Waals surface area contributed by atoms with E-state index in [1.54, 1.807) is 18.2 Å². The molecule has 2 aliphatic heterocycles. The van der Waals surface area contributed by atoms with Gasteiger partial charge in [-0.05, 0) is 6.07 Å². The summed E-state index contributed by atoms with van der Waals surface area (Å²) in [6.07, 6.45) is -6.59. The fourth-order valence-corrected chi connectivity index (χ4v) is 4.96. The first-order valence-electron chi connectivity index (χ1n) is 9.66. The van der Waals surface area contributed by atoms with Crippen LogP contribution in [0, 0.1) is 0 Å². The van der Waals surface area contributed by atoms with Crippen molar-refractivity contribution in [1.29, 1.82) is 0 Å². The van der Waals surface area contributed by atoms with E-state index in [9.17, 15) is 23.6 Å². The number of nitrogens with zero attached hydrogens (tertiary/aromatic N) is 4.